The highest BCUT2D eigenvalue weighted by Crippen LogP contribution is 2.44. The van der Waals surface area contributed by atoms with Crippen molar-refractivity contribution in [1.29, 1.82) is 0 Å². The number of aliphatic hydroxyl groups is 1. The highest BCUT2D eigenvalue weighted by molar-refractivity contribution is 6.07. The van der Waals surface area contributed by atoms with Gasteiger partial charge in [-0.1, -0.05) is 18.0 Å². The third-order valence-electron chi connectivity index (χ3n) is 5.57. The largest absolute Gasteiger partial charge is 0.409 e. The highest BCUT2D eigenvalue weighted by Gasteiger charge is 2.51. The van der Waals surface area contributed by atoms with Crippen LogP contribution in [0.1, 0.15) is 38.5 Å². The molecule has 1 aliphatic heterocycles. The number of aliphatic hydroxyl groups excluding tert-OH is 1. The van der Waals surface area contributed by atoms with Crippen LogP contribution in [-0.4, -0.2) is 46.1 Å². The molecule has 3 fully saturated rings. The van der Waals surface area contributed by atoms with Gasteiger partial charge < -0.3 is 20.9 Å². The van der Waals surface area contributed by atoms with Gasteiger partial charge in [-0.2, -0.15) is 0 Å². The average molecular weight is 281 g/mol. The van der Waals surface area contributed by atoms with Gasteiger partial charge in [-0.15, -0.1) is 0 Å². The van der Waals surface area contributed by atoms with E-state index < -0.39 is 5.41 Å². The minimum atomic E-state index is -0.807. The van der Waals surface area contributed by atoms with E-state index in [0.29, 0.717) is 31.8 Å². The summed E-state index contributed by atoms with van der Waals surface area (Å²) < 4.78 is 0. The Labute approximate surface area is 118 Å². The summed E-state index contributed by atoms with van der Waals surface area (Å²) in [5.41, 5.74) is 5.02. The lowest BCUT2D eigenvalue weighted by molar-refractivity contribution is -0.137. The Balaban J connectivity index is 1.78. The van der Waals surface area contributed by atoms with Crippen LogP contribution in [0.5, 0.6) is 0 Å². The molecule has 6 nitrogen and oxygen atoms in total. The summed E-state index contributed by atoms with van der Waals surface area (Å²) in [4.78, 5) is 14.7. The van der Waals surface area contributed by atoms with E-state index in [1.165, 1.54) is 0 Å². The summed E-state index contributed by atoms with van der Waals surface area (Å²) in [6.45, 7) is 1.33. The van der Waals surface area contributed by atoms with Crippen LogP contribution in [0.4, 0.5) is 0 Å². The maximum absolute atomic E-state index is 12.9. The number of carbonyl (C=O) groups is 1. The first-order valence-electron chi connectivity index (χ1n) is 7.54. The molecule has 0 spiro atoms. The molecule has 6 heteroatoms. The number of hydrogen-bond donors (Lipinski definition) is 3. The average Bonchev–Trinajstić information content (AvgIpc) is 3.15. The lowest BCUT2D eigenvalue weighted by atomic mass is 9.83. The summed E-state index contributed by atoms with van der Waals surface area (Å²) in [5.74, 6) is 0.675. The van der Waals surface area contributed by atoms with Crippen LogP contribution < -0.4 is 5.73 Å². The molecule has 20 heavy (non-hydrogen) atoms. The minimum absolute atomic E-state index is 0.00750. The van der Waals surface area contributed by atoms with Crippen LogP contribution in [-0.2, 0) is 4.79 Å². The standard InChI is InChI=1S/C14H23N3O3/c15-12(16-20)14(5-1-2-6-14)13(19)17-7-9-3-4-11(18)10(9)8-17/h9-11,18,20H,1-8H2,(H2,15,16). The highest BCUT2D eigenvalue weighted by atomic mass is 16.4. The minimum Gasteiger partial charge on any atom is -0.409 e. The molecule has 2 aliphatic carbocycles. The third-order valence-corrected chi connectivity index (χ3v) is 5.57. The lowest BCUT2D eigenvalue weighted by Gasteiger charge is -2.31. The van der Waals surface area contributed by atoms with Gasteiger partial charge in [0, 0.05) is 19.0 Å². The third kappa shape index (κ3) is 1.89. The molecule has 3 unspecified atom stereocenters. The first-order valence-corrected chi connectivity index (χ1v) is 7.54. The molecular weight excluding hydrogens is 258 g/mol. The Morgan fingerprint density at radius 3 is 2.55 bits per heavy atom. The van der Waals surface area contributed by atoms with E-state index in [-0.39, 0.29) is 23.8 Å². The molecule has 0 aromatic carbocycles. The molecule has 3 aliphatic rings. The molecule has 3 atom stereocenters. The quantitative estimate of drug-likeness (QED) is 0.297. The molecule has 0 radical (unpaired) electrons. The number of amidine groups is 1. The van der Waals surface area contributed by atoms with Gasteiger partial charge >= 0.3 is 0 Å². The Morgan fingerprint density at radius 1 is 1.25 bits per heavy atom. The number of nitrogens with zero attached hydrogens (tertiary/aromatic N) is 2. The van der Waals surface area contributed by atoms with E-state index in [1.807, 2.05) is 4.90 Å². The predicted molar refractivity (Wildman–Crippen MR) is 73.1 cm³/mol. The van der Waals surface area contributed by atoms with E-state index in [4.69, 9.17) is 10.9 Å². The SMILES string of the molecule is NC(=NO)C1(C(=O)N2CC3CCC(O)C3C2)CCCC1. The van der Waals surface area contributed by atoms with E-state index in [0.717, 1.165) is 25.7 Å². The molecule has 0 aromatic heterocycles. The Morgan fingerprint density at radius 2 is 1.95 bits per heavy atom. The fourth-order valence-electron chi connectivity index (χ4n) is 4.36. The summed E-state index contributed by atoms with van der Waals surface area (Å²) in [6.07, 6.45) is 4.76. The second kappa shape index (κ2) is 4.91. The number of likely N-dealkylation sites (tertiary alicyclic amines) is 1. The second-order valence-electron chi connectivity index (χ2n) is 6.55. The van der Waals surface area contributed by atoms with Crippen LogP contribution in [0, 0.1) is 17.3 Å². The summed E-state index contributed by atoms with van der Waals surface area (Å²) >= 11 is 0. The fourth-order valence-corrected chi connectivity index (χ4v) is 4.36. The van der Waals surface area contributed by atoms with Gasteiger partial charge in [0.15, 0.2) is 5.84 Å². The van der Waals surface area contributed by atoms with E-state index in [9.17, 15) is 9.90 Å². The molecule has 0 aromatic rings. The monoisotopic (exact) mass is 281 g/mol. The fraction of sp³-hybridized carbons (Fsp3) is 0.857. The van der Waals surface area contributed by atoms with Gasteiger partial charge in [-0.05, 0) is 31.6 Å². The zero-order valence-electron chi connectivity index (χ0n) is 11.7. The van der Waals surface area contributed by atoms with Crippen LogP contribution >= 0.6 is 0 Å². The summed E-state index contributed by atoms with van der Waals surface area (Å²) in [5, 5.41) is 22.1. The molecule has 1 saturated heterocycles. The van der Waals surface area contributed by atoms with Crippen molar-refractivity contribution >= 4 is 11.7 Å². The number of nitrogens with two attached hydrogens (primary N) is 1. The topological polar surface area (TPSA) is 99.2 Å². The van der Waals surface area contributed by atoms with Gasteiger partial charge in [0.2, 0.25) is 5.91 Å². The molecule has 0 bridgehead atoms. The first kappa shape index (κ1) is 13.7. The van der Waals surface area contributed by atoms with Crippen molar-refractivity contribution in [3.8, 4) is 0 Å². The molecule has 1 heterocycles. The normalized spacial score (nSPS) is 36.4. The molecule has 112 valence electrons. The van der Waals surface area contributed by atoms with Crippen molar-refractivity contribution in [3.05, 3.63) is 0 Å². The number of carbonyl (C=O) groups excluding carboxylic acids is 1. The van der Waals surface area contributed by atoms with Crippen molar-refractivity contribution in [2.24, 2.45) is 28.1 Å². The number of oxime groups is 1. The number of hydrogen-bond acceptors (Lipinski definition) is 4. The zero-order chi connectivity index (χ0) is 14.3. The molecule has 4 N–H and O–H groups in total. The van der Waals surface area contributed by atoms with Crippen molar-refractivity contribution in [2.75, 3.05) is 13.1 Å². The van der Waals surface area contributed by atoms with Gasteiger partial charge in [0.25, 0.3) is 0 Å². The Bertz CT molecular complexity index is 431. The van der Waals surface area contributed by atoms with Crippen molar-refractivity contribution in [3.63, 3.8) is 0 Å². The van der Waals surface area contributed by atoms with Gasteiger partial charge in [-0.25, -0.2) is 0 Å². The van der Waals surface area contributed by atoms with Crippen LogP contribution in [0.3, 0.4) is 0 Å². The van der Waals surface area contributed by atoms with Crippen molar-refractivity contribution < 1.29 is 15.1 Å². The van der Waals surface area contributed by atoms with Gasteiger partial charge in [0.05, 0.1) is 6.10 Å². The second-order valence-corrected chi connectivity index (χ2v) is 6.55. The summed E-state index contributed by atoms with van der Waals surface area (Å²) in [6, 6.07) is 0. The lowest BCUT2D eigenvalue weighted by Crippen LogP contribution is -2.49. The molecule has 3 rings (SSSR count). The smallest absolute Gasteiger partial charge is 0.236 e. The van der Waals surface area contributed by atoms with Gasteiger partial charge in [-0.3, -0.25) is 4.79 Å². The maximum atomic E-state index is 12.9. The van der Waals surface area contributed by atoms with Crippen LogP contribution in [0.15, 0.2) is 5.16 Å². The number of rotatable bonds is 2. The van der Waals surface area contributed by atoms with Gasteiger partial charge in [0.1, 0.15) is 5.41 Å². The molecule has 2 saturated carbocycles. The molecule has 1 amide bonds. The Hall–Kier alpha value is -1.30. The summed E-state index contributed by atoms with van der Waals surface area (Å²) in [7, 11) is 0. The number of amides is 1. The first-order chi connectivity index (χ1) is 9.58. The van der Waals surface area contributed by atoms with Crippen LogP contribution in [0.2, 0.25) is 0 Å². The van der Waals surface area contributed by atoms with Crippen molar-refractivity contribution in [2.45, 2.75) is 44.6 Å². The predicted octanol–water partition coefficient (Wildman–Crippen LogP) is 0.522. The van der Waals surface area contributed by atoms with E-state index in [2.05, 4.69) is 5.16 Å². The van der Waals surface area contributed by atoms with E-state index >= 15 is 0 Å². The maximum Gasteiger partial charge on any atom is 0.236 e. The number of fused-ring (bicyclic) bond motifs is 1. The molecular formula is C14H23N3O3. The van der Waals surface area contributed by atoms with Crippen molar-refractivity contribution in [1.82, 2.24) is 4.90 Å². The Kier molecular flexibility index (Phi) is 3.36. The zero-order valence-corrected chi connectivity index (χ0v) is 11.7. The van der Waals surface area contributed by atoms with E-state index in [1.54, 1.807) is 0 Å². The van der Waals surface area contributed by atoms with Crippen LogP contribution in [0.25, 0.3) is 0 Å².